The predicted molar refractivity (Wildman–Crippen MR) is 70.9 cm³/mol. The second-order valence-electron chi connectivity index (χ2n) is 4.76. The maximum Gasteiger partial charge on any atom is 0.0635 e. The Morgan fingerprint density at radius 3 is 2.53 bits per heavy atom. The van der Waals surface area contributed by atoms with E-state index in [-0.39, 0.29) is 12.6 Å². The van der Waals surface area contributed by atoms with Crippen LogP contribution in [-0.4, -0.2) is 22.7 Å². The molecule has 96 valence electrons. The second-order valence-corrected chi connectivity index (χ2v) is 4.76. The number of aliphatic hydroxyl groups excluding tert-OH is 1. The van der Waals surface area contributed by atoms with Crippen LogP contribution in [0.4, 0.5) is 5.69 Å². The van der Waals surface area contributed by atoms with E-state index in [9.17, 15) is 5.11 Å². The zero-order valence-electron chi connectivity index (χ0n) is 11.1. The SMILES string of the molecule is Cc1cc(NC(CO)C(C)C)c(CN)c(C)n1. The normalized spacial score (nSPS) is 12.9. The van der Waals surface area contributed by atoms with Crippen molar-refractivity contribution in [2.24, 2.45) is 11.7 Å². The molecule has 0 aliphatic heterocycles. The lowest BCUT2D eigenvalue weighted by molar-refractivity contribution is 0.249. The van der Waals surface area contributed by atoms with E-state index in [0.717, 1.165) is 22.6 Å². The van der Waals surface area contributed by atoms with E-state index < -0.39 is 0 Å². The molecule has 0 spiro atoms. The van der Waals surface area contributed by atoms with Crippen LogP contribution in [0.5, 0.6) is 0 Å². The first-order valence-corrected chi connectivity index (χ1v) is 6.04. The predicted octanol–water partition coefficient (Wildman–Crippen LogP) is 1.59. The van der Waals surface area contributed by atoms with Crippen molar-refractivity contribution in [1.29, 1.82) is 0 Å². The molecule has 4 nitrogen and oxygen atoms in total. The third-order valence-corrected chi connectivity index (χ3v) is 3.01. The fourth-order valence-corrected chi connectivity index (χ4v) is 1.86. The summed E-state index contributed by atoms with van der Waals surface area (Å²) in [5.74, 6) is 0.361. The number of nitrogens with one attached hydrogen (secondary N) is 1. The van der Waals surface area contributed by atoms with Gasteiger partial charge in [0.15, 0.2) is 0 Å². The van der Waals surface area contributed by atoms with Crippen molar-refractivity contribution in [3.8, 4) is 0 Å². The van der Waals surface area contributed by atoms with Gasteiger partial charge < -0.3 is 16.2 Å². The van der Waals surface area contributed by atoms with Crippen LogP contribution < -0.4 is 11.1 Å². The first-order chi connectivity index (χ1) is 7.99. The smallest absolute Gasteiger partial charge is 0.0635 e. The summed E-state index contributed by atoms with van der Waals surface area (Å²) in [5, 5.41) is 12.7. The Morgan fingerprint density at radius 1 is 1.41 bits per heavy atom. The number of aromatic nitrogens is 1. The van der Waals surface area contributed by atoms with E-state index in [4.69, 9.17) is 5.73 Å². The molecule has 0 amide bonds. The van der Waals surface area contributed by atoms with Crippen molar-refractivity contribution in [3.05, 3.63) is 23.0 Å². The van der Waals surface area contributed by atoms with Gasteiger partial charge >= 0.3 is 0 Å². The lowest BCUT2D eigenvalue weighted by atomic mass is 10.0. The Balaban J connectivity index is 3.04. The van der Waals surface area contributed by atoms with Crippen LogP contribution in [0.25, 0.3) is 0 Å². The highest BCUT2D eigenvalue weighted by atomic mass is 16.3. The van der Waals surface area contributed by atoms with E-state index in [0.29, 0.717) is 12.5 Å². The Labute approximate surface area is 103 Å². The third-order valence-electron chi connectivity index (χ3n) is 3.01. The molecular weight excluding hydrogens is 214 g/mol. The quantitative estimate of drug-likeness (QED) is 0.727. The first kappa shape index (κ1) is 13.9. The third kappa shape index (κ3) is 3.41. The molecule has 1 atom stereocenters. The zero-order chi connectivity index (χ0) is 13.0. The van der Waals surface area contributed by atoms with Crippen LogP contribution in [0.3, 0.4) is 0 Å². The van der Waals surface area contributed by atoms with Gasteiger partial charge in [0.1, 0.15) is 0 Å². The van der Waals surface area contributed by atoms with Gasteiger partial charge in [0.2, 0.25) is 0 Å². The highest BCUT2D eigenvalue weighted by Crippen LogP contribution is 2.21. The number of hydrogen-bond donors (Lipinski definition) is 3. The molecule has 4 N–H and O–H groups in total. The molecule has 0 aliphatic carbocycles. The van der Waals surface area contributed by atoms with E-state index in [1.54, 1.807) is 0 Å². The first-order valence-electron chi connectivity index (χ1n) is 6.04. The van der Waals surface area contributed by atoms with Crippen molar-refractivity contribution >= 4 is 5.69 Å². The molecule has 0 aromatic carbocycles. The summed E-state index contributed by atoms with van der Waals surface area (Å²) in [7, 11) is 0. The highest BCUT2D eigenvalue weighted by Gasteiger charge is 2.15. The molecule has 0 aliphatic rings. The van der Waals surface area contributed by atoms with Crippen molar-refractivity contribution in [3.63, 3.8) is 0 Å². The van der Waals surface area contributed by atoms with Gasteiger partial charge in [0, 0.05) is 29.2 Å². The molecule has 1 unspecified atom stereocenters. The summed E-state index contributed by atoms with van der Waals surface area (Å²) in [4.78, 5) is 4.40. The van der Waals surface area contributed by atoms with Gasteiger partial charge in [-0.15, -0.1) is 0 Å². The largest absolute Gasteiger partial charge is 0.394 e. The zero-order valence-corrected chi connectivity index (χ0v) is 11.1. The Kier molecular flexibility index (Phi) is 4.90. The Hall–Kier alpha value is -1.13. The summed E-state index contributed by atoms with van der Waals surface area (Å²) in [6.45, 7) is 8.65. The molecule has 1 aromatic heterocycles. The fraction of sp³-hybridized carbons (Fsp3) is 0.615. The molecule has 0 fully saturated rings. The molecule has 1 heterocycles. The van der Waals surface area contributed by atoms with Crippen LogP contribution in [0.2, 0.25) is 0 Å². The van der Waals surface area contributed by atoms with Crippen molar-refractivity contribution in [2.75, 3.05) is 11.9 Å². The van der Waals surface area contributed by atoms with Crippen LogP contribution >= 0.6 is 0 Å². The van der Waals surface area contributed by atoms with Crippen LogP contribution in [0.1, 0.15) is 30.8 Å². The van der Waals surface area contributed by atoms with Gasteiger partial charge in [0.05, 0.1) is 12.6 Å². The minimum absolute atomic E-state index is 0.0431. The molecule has 0 bridgehead atoms. The number of pyridine rings is 1. The van der Waals surface area contributed by atoms with E-state index in [1.807, 2.05) is 19.9 Å². The molecule has 1 rings (SSSR count). The molecule has 0 radical (unpaired) electrons. The van der Waals surface area contributed by atoms with E-state index in [1.165, 1.54) is 0 Å². The minimum Gasteiger partial charge on any atom is -0.394 e. The maximum atomic E-state index is 9.35. The monoisotopic (exact) mass is 237 g/mol. The topological polar surface area (TPSA) is 71.2 Å². The number of hydrogen-bond acceptors (Lipinski definition) is 4. The van der Waals surface area contributed by atoms with E-state index in [2.05, 4.69) is 24.1 Å². The van der Waals surface area contributed by atoms with E-state index >= 15 is 0 Å². The van der Waals surface area contributed by atoms with Gasteiger partial charge in [-0.05, 0) is 25.8 Å². The molecule has 0 saturated heterocycles. The lowest BCUT2D eigenvalue weighted by Gasteiger charge is -2.23. The number of nitrogens with zero attached hydrogens (tertiary/aromatic N) is 1. The lowest BCUT2D eigenvalue weighted by Crippen LogP contribution is -2.30. The van der Waals surface area contributed by atoms with Gasteiger partial charge in [-0.25, -0.2) is 0 Å². The minimum atomic E-state index is 0.0431. The highest BCUT2D eigenvalue weighted by molar-refractivity contribution is 5.54. The standard InChI is InChI=1S/C13H23N3O/c1-8(2)13(7-17)16-12-5-9(3)15-10(4)11(12)6-14/h5,8,13,17H,6-7,14H2,1-4H3,(H,15,16). The Bertz CT molecular complexity index is 377. The molecule has 4 heteroatoms. The molecule has 17 heavy (non-hydrogen) atoms. The van der Waals surface area contributed by atoms with Gasteiger partial charge in [-0.3, -0.25) is 4.98 Å². The van der Waals surface area contributed by atoms with Gasteiger partial charge in [0.25, 0.3) is 0 Å². The van der Waals surface area contributed by atoms with Gasteiger partial charge in [-0.1, -0.05) is 13.8 Å². The van der Waals surface area contributed by atoms with Gasteiger partial charge in [-0.2, -0.15) is 0 Å². The average Bonchev–Trinajstić information content (AvgIpc) is 2.24. The number of rotatable bonds is 5. The van der Waals surface area contributed by atoms with Crippen molar-refractivity contribution in [2.45, 2.75) is 40.3 Å². The summed E-state index contributed by atoms with van der Waals surface area (Å²) in [5.41, 5.74) is 9.68. The maximum absolute atomic E-state index is 9.35. The number of aryl methyl sites for hydroxylation is 2. The fourth-order valence-electron chi connectivity index (χ4n) is 1.86. The number of anilines is 1. The Morgan fingerprint density at radius 2 is 2.06 bits per heavy atom. The van der Waals surface area contributed by atoms with Crippen LogP contribution in [0, 0.1) is 19.8 Å². The number of aliphatic hydroxyl groups is 1. The summed E-state index contributed by atoms with van der Waals surface area (Å²) >= 11 is 0. The van der Waals surface area contributed by atoms with Crippen LogP contribution in [-0.2, 0) is 6.54 Å². The molecular formula is C13H23N3O. The molecule has 1 aromatic rings. The summed E-state index contributed by atoms with van der Waals surface area (Å²) < 4.78 is 0. The number of nitrogens with two attached hydrogens (primary N) is 1. The van der Waals surface area contributed by atoms with Crippen LogP contribution in [0.15, 0.2) is 6.07 Å². The summed E-state index contributed by atoms with van der Waals surface area (Å²) in [6.07, 6.45) is 0. The van der Waals surface area contributed by atoms with Crippen molar-refractivity contribution < 1.29 is 5.11 Å². The average molecular weight is 237 g/mol. The summed E-state index contributed by atoms with van der Waals surface area (Å²) in [6, 6.07) is 2.03. The molecule has 0 saturated carbocycles. The van der Waals surface area contributed by atoms with Crippen molar-refractivity contribution in [1.82, 2.24) is 4.98 Å². The second kappa shape index (κ2) is 5.98.